The molecule has 1 aliphatic rings. The third-order valence-corrected chi connectivity index (χ3v) is 8.11. The molecule has 0 fully saturated rings. The van der Waals surface area contributed by atoms with Gasteiger partial charge in [-0.05, 0) is 33.1 Å². The van der Waals surface area contributed by atoms with Crippen molar-refractivity contribution in [2.45, 2.75) is 38.5 Å². The van der Waals surface area contributed by atoms with Crippen LogP contribution in [0.1, 0.15) is 38.8 Å². The van der Waals surface area contributed by atoms with Gasteiger partial charge in [-0.15, -0.1) is 0 Å². The average Bonchev–Trinajstić information content (AvgIpc) is 2.92. The standard InChI is InChI=1S/C33H29N3/c1-32(2)26-20-12-11-18-24(26)28-25(19-13-21-27(28)33(32,3)4)31-35-29(22-14-7-5-8-15-22)34-30(36-31)23-16-9-6-10-17-23/h5-21H,1-4H3. The van der Waals surface area contributed by atoms with Gasteiger partial charge in [0.15, 0.2) is 17.5 Å². The van der Waals surface area contributed by atoms with Crippen LogP contribution in [0.2, 0.25) is 0 Å². The first kappa shape index (κ1) is 22.4. The van der Waals surface area contributed by atoms with Gasteiger partial charge in [0.05, 0.1) is 0 Å². The molecule has 0 atom stereocenters. The van der Waals surface area contributed by atoms with Gasteiger partial charge in [-0.1, -0.05) is 131 Å². The summed E-state index contributed by atoms with van der Waals surface area (Å²) in [6.07, 6.45) is 0. The lowest BCUT2D eigenvalue weighted by atomic mass is 9.55. The van der Waals surface area contributed by atoms with Crippen molar-refractivity contribution in [2.24, 2.45) is 0 Å². The first-order chi connectivity index (χ1) is 17.4. The highest BCUT2D eigenvalue weighted by molar-refractivity contribution is 5.89. The Balaban J connectivity index is 1.66. The van der Waals surface area contributed by atoms with Gasteiger partial charge in [0.1, 0.15) is 0 Å². The molecular weight excluding hydrogens is 438 g/mol. The van der Waals surface area contributed by atoms with E-state index in [9.17, 15) is 0 Å². The van der Waals surface area contributed by atoms with Crippen LogP contribution in [0.4, 0.5) is 0 Å². The molecule has 5 aromatic rings. The number of rotatable bonds is 3. The molecule has 0 radical (unpaired) electrons. The normalized spacial score (nSPS) is 15.1. The second-order valence-corrected chi connectivity index (χ2v) is 10.6. The van der Waals surface area contributed by atoms with E-state index in [1.807, 2.05) is 36.4 Å². The Morgan fingerprint density at radius 1 is 0.417 bits per heavy atom. The maximum Gasteiger partial charge on any atom is 0.164 e. The van der Waals surface area contributed by atoms with Gasteiger partial charge >= 0.3 is 0 Å². The Hall–Kier alpha value is -4.11. The molecule has 0 saturated heterocycles. The monoisotopic (exact) mass is 467 g/mol. The fourth-order valence-corrected chi connectivity index (χ4v) is 5.40. The number of hydrogen-bond donors (Lipinski definition) is 0. The topological polar surface area (TPSA) is 38.7 Å². The molecular formula is C33H29N3. The lowest BCUT2D eigenvalue weighted by Crippen LogP contribution is -2.43. The van der Waals surface area contributed by atoms with E-state index in [1.54, 1.807) is 0 Å². The lowest BCUT2D eigenvalue weighted by molar-refractivity contribution is 0.299. The van der Waals surface area contributed by atoms with Crippen LogP contribution in [0.25, 0.3) is 45.3 Å². The zero-order valence-corrected chi connectivity index (χ0v) is 21.2. The van der Waals surface area contributed by atoms with E-state index in [2.05, 4.69) is 94.4 Å². The largest absolute Gasteiger partial charge is 0.208 e. The van der Waals surface area contributed by atoms with E-state index in [1.165, 1.54) is 22.3 Å². The van der Waals surface area contributed by atoms with Crippen LogP contribution < -0.4 is 0 Å². The number of hydrogen-bond acceptors (Lipinski definition) is 3. The minimum absolute atomic E-state index is 0.0291. The molecule has 0 spiro atoms. The first-order valence-electron chi connectivity index (χ1n) is 12.5. The van der Waals surface area contributed by atoms with E-state index in [-0.39, 0.29) is 10.8 Å². The van der Waals surface area contributed by atoms with Crippen LogP contribution in [0, 0.1) is 0 Å². The Morgan fingerprint density at radius 3 is 1.47 bits per heavy atom. The van der Waals surface area contributed by atoms with Gasteiger partial charge in [-0.2, -0.15) is 0 Å². The van der Waals surface area contributed by atoms with Crippen molar-refractivity contribution < 1.29 is 0 Å². The summed E-state index contributed by atoms with van der Waals surface area (Å²) in [6.45, 7) is 9.41. The maximum absolute atomic E-state index is 5.04. The second kappa shape index (κ2) is 8.23. The van der Waals surface area contributed by atoms with Gasteiger partial charge in [0.2, 0.25) is 0 Å². The van der Waals surface area contributed by atoms with Crippen molar-refractivity contribution in [3.63, 3.8) is 0 Å². The van der Waals surface area contributed by atoms with E-state index in [0.717, 1.165) is 16.7 Å². The summed E-state index contributed by atoms with van der Waals surface area (Å²) in [4.78, 5) is 15.0. The molecule has 0 amide bonds. The van der Waals surface area contributed by atoms with Crippen molar-refractivity contribution in [3.05, 3.63) is 114 Å². The van der Waals surface area contributed by atoms with E-state index in [0.29, 0.717) is 17.5 Å². The first-order valence-corrected chi connectivity index (χ1v) is 12.5. The Bertz CT molecular complexity index is 1510. The third kappa shape index (κ3) is 3.38. The molecule has 4 aromatic carbocycles. The Morgan fingerprint density at radius 2 is 0.861 bits per heavy atom. The fraction of sp³-hybridized carbons (Fsp3) is 0.182. The molecule has 1 heterocycles. The van der Waals surface area contributed by atoms with Gasteiger partial charge in [-0.25, -0.2) is 15.0 Å². The maximum atomic E-state index is 5.04. The van der Waals surface area contributed by atoms with Gasteiger partial charge in [0, 0.05) is 16.7 Å². The highest BCUT2D eigenvalue weighted by Gasteiger charge is 2.46. The van der Waals surface area contributed by atoms with Crippen molar-refractivity contribution in [3.8, 4) is 45.3 Å². The minimum Gasteiger partial charge on any atom is -0.208 e. The van der Waals surface area contributed by atoms with Crippen LogP contribution in [-0.2, 0) is 10.8 Å². The molecule has 176 valence electrons. The summed E-state index contributed by atoms with van der Waals surface area (Å²) >= 11 is 0. The minimum atomic E-state index is -0.0791. The molecule has 0 saturated carbocycles. The molecule has 36 heavy (non-hydrogen) atoms. The summed E-state index contributed by atoms with van der Waals surface area (Å²) < 4.78 is 0. The summed E-state index contributed by atoms with van der Waals surface area (Å²) in [6, 6.07) is 35.7. The van der Waals surface area contributed by atoms with E-state index in [4.69, 9.17) is 15.0 Å². The smallest absolute Gasteiger partial charge is 0.164 e. The Labute approximate surface area is 213 Å². The van der Waals surface area contributed by atoms with Crippen LogP contribution >= 0.6 is 0 Å². The summed E-state index contributed by atoms with van der Waals surface area (Å²) in [5, 5.41) is 0. The quantitative estimate of drug-likeness (QED) is 0.269. The van der Waals surface area contributed by atoms with Crippen molar-refractivity contribution in [1.29, 1.82) is 0 Å². The van der Waals surface area contributed by atoms with E-state index >= 15 is 0 Å². The molecule has 0 aliphatic heterocycles. The molecule has 0 bridgehead atoms. The predicted octanol–water partition coefficient (Wildman–Crippen LogP) is 8.11. The van der Waals surface area contributed by atoms with Crippen LogP contribution in [0.5, 0.6) is 0 Å². The third-order valence-electron chi connectivity index (χ3n) is 8.11. The number of fused-ring (bicyclic) bond motifs is 3. The predicted molar refractivity (Wildman–Crippen MR) is 148 cm³/mol. The molecule has 1 aromatic heterocycles. The molecule has 3 heteroatoms. The van der Waals surface area contributed by atoms with Gasteiger partial charge < -0.3 is 0 Å². The SMILES string of the molecule is CC1(C)c2ccccc2-c2c(-c3nc(-c4ccccc4)nc(-c4ccccc4)n3)cccc2C1(C)C. The summed E-state index contributed by atoms with van der Waals surface area (Å²) in [7, 11) is 0. The van der Waals surface area contributed by atoms with Crippen molar-refractivity contribution >= 4 is 0 Å². The van der Waals surface area contributed by atoms with Crippen molar-refractivity contribution in [2.75, 3.05) is 0 Å². The van der Waals surface area contributed by atoms with Gasteiger partial charge in [-0.3, -0.25) is 0 Å². The zero-order chi connectivity index (χ0) is 24.9. The summed E-state index contributed by atoms with van der Waals surface area (Å²) in [5.41, 5.74) is 8.05. The number of nitrogens with zero attached hydrogens (tertiary/aromatic N) is 3. The number of benzene rings is 4. The van der Waals surface area contributed by atoms with Crippen LogP contribution in [0.15, 0.2) is 103 Å². The molecule has 0 unspecified atom stereocenters. The van der Waals surface area contributed by atoms with Crippen molar-refractivity contribution in [1.82, 2.24) is 15.0 Å². The lowest BCUT2D eigenvalue weighted by Gasteiger charge is -2.48. The van der Waals surface area contributed by atoms with Crippen LogP contribution in [-0.4, -0.2) is 15.0 Å². The molecule has 0 N–H and O–H groups in total. The zero-order valence-electron chi connectivity index (χ0n) is 21.2. The average molecular weight is 468 g/mol. The van der Waals surface area contributed by atoms with Gasteiger partial charge in [0.25, 0.3) is 0 Å². The highest BCUT2D eigenvalue weighted by atomic mass is 15.0. The van der Waals surface area contributed by atoms with Crippen LogP contribution in [0.3, 0.4) is 0 Å². The molecule has 3 nitrogen and oxygen atoms in total. The van der Waals surface area contributed by atoms with E-state index < -0.39 is 0 Å². The second-order valence-electron chi connectivity index (χ2n) is 10.6. The highest BCUT2D eigenvalue weighted by Crippen LogP contribution is 2.55. The number of aromatic nitrogens is 3. The Kier molecular flexibility index (Phi) is 5.11. The molecule has 6 rings (SSSR count). The molecule has 1 aliphatic carbocycles. The fourth-order valence-electron chi connectivity index (χ4n) is 5.40. The summed E-state index contributed by atoms with van der Waals surface area (Å²) in [5.74, 6) is 2.06.